The van der Waals surface area contributed by atoms with Crippen LogP contribution in [0.15, 0.2) is 164 Å². The second kappa shape index (κ2) is 10.7. The molecule has 0 amide bonds. The van der Waals surface area contributed by atoms with E-state index in [1.165, 1.54) is 0 Å². The molecule has 0 unspecified atom stereocenters. The molecule has 0 fully saturated rings. The van der Waals surface area contributed by atoms with E-state index in [0.717, 1.165) is 72.7 Å². The third kappa shape index (κ3) is 4.37. The van der Waals surface area contributed by atoms with Crippen LogP contribution in [-0.2, 0) is 0 Å². The zero-order valence-corrected chi connectivity index (χ0v) is 24.8. The van der Waals surface area contributed by atoms with Gasteiger partial charge in [-0.25, -0.2) is 15.0 Å². The first-order valence-corrected chi connectivity index (χ1v) is 15.4. The van der Waals surface area contributed by atoms with E-state index >= 15 is 0 Å². The number of para-hydroxylation sites is 3. The van der Waals surface area contributed by atoms with E-state index in [-0.39, 0.29) is 0 Å². The SMILES string of the molecule is c1ccc(-c2cc(-c3ccccc3)nc(-c3ccc(-c4ccc5nc6n(-c7ccccc7)c7ccccc7n6c5c4)cc3)n2)cc1. The van der Waals surface area contributed by atoms with Crippen LogP contribution in [0.1, 0.15) is 0 Å². The fraction of sp³-hybridized carbons (Fsp3) is 0. The monoisotopic (exact) mass is 589 g/mol. The van der Waals surface area contributed by atoms with Gasteiger partial charge in [-0.05, 0) is 53.6 Å². The number of fused-ring (bicyclic) bond motifs is 5. The molecule has 0 bridgehead atoms. The predicted molar refractivity (Wildman–Crippen MR) is 187 cm³/mol. The Hall–Kier alpha value is -6.33. The molecule has 0 aliphatic carbocycles. The summed E-state index contributed by atoms with van der Waals surface area (Å²) >= 11 is 0. The Labute approximate surface area is 265 Å². The number of benzene rings is 6. The van der Waals surface area contributed by atoms with Crippen molar-refractivity contribution in [3.63, 3.8) is 0 Å². The second-order valence-corrected chi connectivity index (χ2v) is 11.4. The first kappa shape index (κ1) is 26.1. The van der Waals surface area contributed by atoms with E-state index in [4.69, 9.17) is 15.0 Å². The van der Waals surface area contributed by atoms with Crippen molar-refractivity contribution in [1.29, 1.82) is 0 Å². The molecule has 5 heteroatoms. The zero-order valence-electron chi connectivity index (χ0n) is 24.8. The van der Waals surface area contributed by atoms with Crippen molar-refractivity contribution in [3.05, 3.63) is 164 Å². The largest absolute Gasteiger partial charge is 0.278 e. The predicted octanol–water partition coefficient (Wildman–Crippen LogP) is 9.89. The van der Waals surface area contributed by atoms with Crippen molar-refractivity contribution in [1.82, 2.24) is 23.9 Å². The van der Waals surface area contributed by atoms with Gasteiger partial charge in [-0.1, -0.05) is 121 Å². The van der Waals surface area contributed by atoms with E-state index in [1.54, 1.807) is 0 Å². The van der Waals surface area contributed by atoms with Gasteiger partial charge < -0.3 is 0 Å². The summed E-state index contributed by atoms with van der Waals surface area (Å²) < 4.78 is 4.50. The topological polar surface area (TPSA) is 48.0 Å². The Bertz CT molecular complexity index is 2440. The van der Waals surface area contributed by atoms with Crippen LogP contribution in [0.5, 0.6) is 0 Å². The Kier molecular flexibility index (Phi) is 6.06. The molecule has 0 aliphatic heterocycles. The molecular weight excluding hydrogens is 562 g/mol. The minimum Gasteiger partial charge on any atom is -0.278 e. The maximum atomic E-state index is 5.09. The van der Waals surface area contributed by atoms with Crippen LogP contribution in [0, 0.1) is 0 Å². The standard InChI is InChI=1S/C41H27N5/c1-4-12-29(13-5-1)35-27-36(30-14-6-2-7-15-30)43-40(42-35)31-22-20-28(21-23-31)32-24-25-34-39(26-32)46-38-19-11-10-18-37(38)45(41(46)44-34)33-16-8-3-9-17-33/h1-27H. The molecule has 5 nitrogen and oxygen atoms in total. The van der Waals surface area contributed by atoms with Crippen LogP contribution in [0.3, 0.4) is 0 Å². The minimum absolute atomic E-state index is 0.702. The van der Waals surface area contributed by atoms with Gasteiger partial charge in [-0.2, -0.15) is 0 Å². The van der Waals surface area contributed by atoms with Gasteiger partial charge in [0.1, 0.15) is 0 Å². The molecule has 0 radical (unpaired) electrons. The maximum Gasteiger partial charge on any atom is 0.220 e. The Morgan fingerprint density at radius 1 is 0.370 bits per heavy atom. The van der Waals surface area contributed by atoms with Gasteiger partial charge in [-0.15, -0.1) is 0 Å². The summed E-state index contributed by atoms with van der Waals surface area (Å²) in [7, 11) is 0. The summed E-state index contributed by atoms with van der Waals surface area (Å²) in [6, 6.07) is 56.6. The van der Waals surface area contributed by atoms with Crippen molar-refractivity contribution < 1.29 is 0 Å². The van der Waals surface area contributed by atoms with Crippen molar-refractivity contribution in [2.24, 2.45) is 0 Å². The van der Waals surface area contributed by atoms with Crippen molar-refractivity contribution in [3.8, 4) is 50.7 Å². The molecule has 0 saturated heterocycles. The molecule has 9 rings (SSSR count). The lowest BCUT2D eigenvalue weighted by Gasteiger charge is -2.10. The van der Waals surface area contributed by atoms with Gasteiger partial charge >= 0.3 is 0 Å². The average Bonchev–Trinajstić information content (AvgIpc) is 3.67. The first-order chi connectivity index (χ1) is 22.8. The highest BCUT2D eigenvalue weighted by Crippen LogP contribution is 2.33. The lowest BCUT2D eigenvalue weighted by Crippen LogP contribution is -1.95. The van der Waals surface area contributed by atoms with Crippen molar-refractivity contribution >= 4 is 27.8 Å². The van der Waals surface area contributed by atoms with Crippen molar-refractivity contribution in [2.75, 3.05) is 0 Å². The average molecular weight is 590 g/mol. The van der Waals surface area contributed by atoms with Gasteiger partial charge in [0.2, 0.25) is 5.78 Å². The van der Waals surface area contributed by atoms with E-state index in [1.807, 2.05) is 42.5 Å². The molecule has 46 heavy (non-hydrogen) atoms. The van der Waals surface area contributed by atoms with Crippen LogP contribution in [0.2, 0.25) is 0 Å². The molecule has 0 N–H and O–H groups in total. The van der Waals surface area contributed by atoms with Gasteiger partial charge in [0.05, 0.1) is 33.5 Å². The number of hydrogen-bond acceptors (Lipinski definition) is 3. The van der Waals surface area contributed by atoms with E-state index < -0.39 is 0 Å². The fourth-order valence-corrected chi connectivity index (χ4v) is 6.31. The molecule has 3 heterocycles. The van der Waals surface area contributed by atoms with Crippen LogP contribution in [-0.4, -0.2) is 23.9 Å². The fourth-order valence-electron chi connectivity index (χ4n) is 6.31. The van der Waals surface area contributed by atoms with Crippen LogP contribution in [0.25, 0.3) is 78.6 Å². The number of rotatable bonds is 5. The molecule has 0 spiro atoms. The highest BCUT2D eigenvalue weighted by atomic mass is 15.2. The van der Waals surface area contributed by atoms with Crippen LogP contribution >= 0.6 is 0 Å². The smallest absolute Gasteiger partial charge is 0.220 e. The van der Waals surface area contributed by atoms with E-state index in [2.05, 4.69) is 130 Å². The second-order valence-electron chi connectivity index (χ2n) is 11.4. The molecule has 0 aliphatic rings. The summed E-state index contributed by atoms with van der Waals surface area (Å²) in [5.41, 5.74) is 12.5. The van der Waals surface area contributed by atoms with Crippen LogP contribution in [0.4, 0.5) is 0 Å². The first-order valence-electron chi connectivity index (χ1n) is 15.4. The van der Waals surface area contributed by atoms with Gasteiger partial charge in [0, 0.05) is 22.4 Å². The summed E-state index contributed by atoms with van der Waals surface area (Å²) in [6.45, 7) is 0. The number of aromatic nitrogens is 5. The molecule has 0 saturated carbocycles. The third-order valence-electron chi connectivity index (χ3n) is 8.56. The number of hydrogen-bond donors (Lipinski definition) is 0. The Morgan fingerprint density at radius 2 is 0.913 bits per heavy atom. The van der Waals surface area contributed by atoms with E-state index in [9.17, 15) is 0 Å². The zero-order chi connectivity index (χ0) is 30.5. The van der Waals surface area contributed by atoms with Crippen molar-refractivity contribution in [2.45, 2.75) is 0 Å². The Balaban J connectivity index is 1.14. The van der Waals surface area contributed by atoms with E-state index in [0.29, 0.717) is 5.82 Å². The van der Waals surface area contributed by atoms with Gasteiger partial charge in [0.25, 0.3) is 0 Å². The molecule has 3 aromatic heterocycles. The number of imidazole rings is 2. The quantitative estimate of drug-likeness (QED) is 0.201. The highest BCUT2D eigenvalue weighted by molar-refractivity contribution is 5.94. The summed E-state index contributed by atoms with van der Waals surface area (Å²) in [6.07, 6.45) is 0. The summed E-state index contributed by atoms with van der Waals surface area (Å²) in [5.74, 6) is 1.60. The minimum atomic E-state index is 0.702. The molecule has 216 valence electrons. The number of nitrogens with zero attached hydrogens (tertiary/aromatic N) is 5. The molecule has 6 aromatic carbocycles. The highest BCUT2D eigenvalue weighted by Gasteiger charge is 2.17. The maximum absolute atomic E-state index is 5.09. The normalized spacial score (nSPS) is 11.5. The summed E-state index contributed by atoms with van der Waals surface area (Å²) in [5, 5.41) is 0. The Morgan fingerprint density at radius 3 is 1.57 bits per heavy atom. The van der Waals surface area contributed by atoms with Gasteiger partial charge in [0.15, 0.2) is 5.82 Å². The third-order valence-corrected chi connectivity index (χ3v) is 8.56. The van der Waals surface area contributed by atoms with Gasteiger partial charge in [-0.3, -0.25) is 8.97 Å². The lowest BCUT2D eigenvalue weighted by molar-refractivity contribution is 1.11. The molecule has 9 aromatic rings. The lowest BCUT2D eigenvalue weighted by atomic mass is 10.0. The molecular formula is C41H27N5. The summed E-state index contributed by atoms with van der Waals surface area (Å²) in [4.78, 5) is 15.1. The molecule has 0 atom stereocenters. The van der Waals surface area contributed by atoms with Crippen LogP contribution < -0.4 is 0 Å².